The lowest BCUT2D eigenvalue weighted by Gasteiger charge is -2.43. The van der Waals surface area contributed by atoms with E-state index in [1.807, 2.05) is 61.2 Å². The zero-order valence-electron chi connectivity index (χ0n) is 23.3. The number of aryl methyl sites for hydroxylation is 1. The van der Waals surface area contributed by atoms with Gasteiger partial charge in [0.2, 0.25) is 5.91 Å². The molecule has 2 saturated heterocycles. The molecule has 0 saturated carbocycles. The van der Waals surface area contributed by atoms with E-state index >= 15 is 0 Å². The van der Waals surface area contributed by atoms with Gasteiger partial charge in [-0.05, 0) is 49.9 Å². The largest absolute Gasteiger partial charge is 0.490 e. The van der Waals surface area contributed by atoms with Crippen molar-refractivity contribution in [3.05, 3.63) is 53.1 Å². The van der Waals surface area contributed by atoms with E-state index in [0.717, 1.165) is 24.3 Å². The highest BCUT2D eigenvalue weighted by atomic mass is 35.5. The van der Waals surface area contributed by atoms with Crippen LogP contribution in [0.1, 0.15) is 12.0 Å². The monoisotopic (exact) mass is 558 g/mol. The third-order valence-corrected chi connectivity index (χ3v) is 7.68. The Morgan fingerprint density at radius 3 is 2.44 bits per heavy atom. The summed E-state index contributed by atoms with van der Waals surface area (Å²) in [5, 5.41) is 0.657. The Labute approximate surface area is 236 Å². The van der Waals surface area contributed by atoms with Crippen molar-refractivity contribution in [3.63, 3.8) is 0 Å². The summed E-state index contributed by atoms with van der Waals surface area (Å²) in [6, 6.07) is 13.0. The van der Waals surface area contributed by atoms with Crippen LogP contribution >= 0.6 is 11.6 Å². The average Bonchev–Trinajstić information content (AvgIpc) is 2.93. The number of carbonyl (C=O) groups is 2. The Kier molecular flexibility index (Phi) is 9.58. The van der Waals surface area contributed by atoms with Gasteiger partial charge >= 0.3 is 0 Å². The number of carbonyl (C=O) groups excluding carboxylic acids is 2. The SMILES string of the molecule is Cc1cc(OC[C@@]2(CC(=O)N3CCN(C)CC3)CN(C(=O)COc3cccc(N(C)C)c3)CCO2)ccc1Cl. The lowest BCUT2D eigenvalue weighted by molar-refractivity contribution is -0.167. The second kappa shape index (κ2) is 12.9. The highest BCUT2D eigenvalue weighted by Gasteiger charge is 2.42. The Hall–Kier alpha value is -3.01. The molecule has 212 valence electrons. The summed E-state index contributed by atoms with van der Waals surface area (Å²) in [6.07, 6.45) is 0.124. The van der Waals surface area contributed by atoms with Crippen LogP contribution in [0, 0.1) is 6.92 Å². The predicted molar refractivity (Wildman–Crippen MR) is 152 cm³/mol. The van der Waals surface area contributed by atoms with Gasteiger partial charge in [0.05, 0.1) is 19.6 Å². The van der Waals surface area contributed by atoms with Crippen molar-refractivity contribution in [2.45, 2.75) is 18.9 Å². The van der Waals surface area contributed by atoms with E-state index in [4.69, 9.17) is 25.8 Å². The molecule has 39 heavy (non-hydrogen) atoms. The van der Waals surface area contributed by atoms with Gasteiger partial charge < -0.3 is 33.8 Å². The molecule has 2 fully saturated rings. The second-order valence-electron chi connectivity index (χ2n) is 10.6. The maximum Gasteiger partial charge on any atom is 0.260 e. The normalized spacial score (nSPS) is 20.0. The molecular formula is C29H39ClN4O5. The van der Waals surface area contributed by atoms with Gasteiger partial charge in [-0.3, -0.25) is 9.59 Å². The Morgan fingerprint density at radius 1 is 0.974 bits per heavy atom. The minimum absolute atomic E-state index is 0.00466. The first-order valence-electron chi connectivity index (χ1n) is 13.3. The number of ether oxygens (including phenoxy) is 3. The van der Waals surface area contributed by atoms with Crippen molar-refractivity contribution in [3.8, 4) is 11.5 Å². The first-order chi connectivity index (χ1) is 18.6. The highest BCUT2D eigenvalue weighted by Crippen LogP contribution is 2.28. The molecule has 0 spiro atoms. The van der Waals surface area contributed by atoms with Gasteiger partial charge in [-0.2, -0.15) is 0 Å². The lowest BCUT2D eigenvalue weighted by atomic mass is 9.96. The molecule has 0 aromatic heterocycles. The Balaban J connectivity index is 1.45. The Bertz CT molecular complexity index is 1150. The van der Waals surface area contributed by atoms with Gasteiger partial charge in [-0.15, -0.1) is 0 Å². The molecule has 2 aliphatic rings. The number of anilines is 1. The first kappa shape index (κ1) is 29.0. The van der Waals surface area contributed by atoms with Crippen molar-refractivity contribution in [1.29, 1.82) is 0 Å². The standard InChI is InChI=1S/C29H39ClN4O5/c1-22-16-25(8-9-26(22)30)38-21-29(18-27(35)33-12-10-32(4)11-13-33)20-34(14-15-39-29)28(36)19-37-24-7-5-6-23(17-24)31(2)3/h5-9,16-17H,10-15,18-21H2,1-4H3/t29-/m1/s1. The summed E-state index contributed by atoms with van der Waals surface area (Å²) in [6.45, 7) is 5.90. The molecular weight excluding hydrogens is 520 g/mol. The van der Waals surface area contributed by atoms with E-state index in [-0.39, 0.29) is 38.0 Å². The van der Waals surface area contributed by atoms with Crippen LogP contribution in [0.3, 0.4) is 0 Å². The number of rotatable bonds is 9. The molecule has 1 atom stereocenters. The zero-order chi connectivity index (χ0) is 28.0. The smallest absolute Gasteiger partial charge is 0.260 e. The summed E-state index contributed by atoms with van der Waals surface area (Å²) < 4.78 is 18.2. The summed E-state index contributed by atoms with van der Waals surface area (Å²) >= 11 is 6.18. The van der Waals surface area contributed by atoms with Crippen molar-refractivity contribution in [2.75, 3.05) is 85.1 Å². The minimum atomic E-state index is -0.979. The first-order valence-corrected chi connectivity index (χ1v) is 13.7. The number of hydrogen-bond donors (Lipinski definition) is 0. The molecule has 0 aliphatic carbocycles. The van der Waals surface area contributed by atoms with Crippen LogP contribution in [0.4, 0.5) is 5.69 Å². The van der Waals surface area contributed by atoms with E-state index in [1.165, 1.54) is 0 Å². The molecule has 2 amide bonds. The molecule has 2 aliphatic heterocycles. The topological polar surface area (TPSA) is 74.8 Å². The number of hydrogen-bond acceptors (Lipinski definition) is 7. The number of amides is 2. The summed E-state index contributed by atoms with van der Waals surface area (Å²) in [4.78, 5) is 34.4. The summed E-state index contributed by atoms with van der Waals surface area (Å²) in [7, 11) is 5.96. The van der Waals surface area contributed by atoms with Gasteiger partial charge in [0, 0.05) is 63.6 Å². The molecule has 2 aromatic carbocycles. The fourth-order valence-corrected chi connectivity index (χ4v) is 4.87. The van der Waals surface area contributed by atoms with E-state index in [0.29, 0.717) is 42.8 Å². The van der Waals surface area contributed by atoms with Crippen LogP contribution in [0.15, 0.2) is 42.5 Å². The van der Waals surface area contributed by atoms with Crippen molar-refractivity contribution in [1.82, 2.24) is 14.7 Å². The van der Waals surface area contributed by atoms with E-state index in [1.54, 1.807) is 17.0 Å². The molecule has 0 unspecified atom stereocenters. The number of likely N-dealkylation sites (N-methyl/N-ethyl adjacent to an activating group) is 1. The lowest BCUT2D eigenvalue weighted by Crippen LogP contribution is -2.59. The molecule has 0 N–H and O–H groups in total. The molecule has 4 rings (SSSR count). The maximum atomic E-state index is 13.4. The molecule has 10 heteroatoms. The van der Waals surface area contributed by atoms with Gasteiger partial charge in [0.1, 0.15) is 23.7 Å². The number of morpholine rings is 1. The van der Waals surface area contributed by atoms with Gasteiger partial charge in [0.25, 0.3) is 5.91 Å². The molecule has 0 radical (unpaired) electrons. The quantitative estimate of drug-likeness (QED) is 0.468. The van der Waals surface area contributed by atoms with Crippen LogP contribution in [0.2, 0.25) is 5.02 Å². The third-order valence-electron chi connectivity index (χ3n) is 7.26. The fraction of sp³-hybridized carbons (Fsp3) is 0.517. The second-order valence-corrected chi connectivity index (χ2v) is 11.0. The number of nitrogens with zero attached hydrogens (tertiary/aromatic N) is 4. The predicted octanol–water partition coefficient (Wildman–Crippen LogP) is 2.93. The third kappa shape index (κ3) is 7.77. The van der Waals surface area contributed by atoms with Gasteiger partial charge in [-0.25, -0.2) is 0 Å². The van der Waals surface area contributed by atoms with Crippen molar-refractivity contribution >= 4 is 29.1 Å². The molecule has 2 aromatic rings. The highest BCUT2D eigenvalue weighted by molar-refractivity contribution is 6.31. The van der Waals surface area contributed by atoms with Gasteiger partial charge in [0.15, 0.2) is 6.61 Å². The van der Waals surface area contributed by atoms with Gasteiger partial charge in [-0.1, -0.05) is 17.7 Å². The van der Waals surface area contributed by atoms with E-state index < -0.39 is 5.60 Å². The van der Waals surface area contributed by atoms with Crippen LogP contribution in [0.25, 0.3) is 0 Å². The number of piperazine rings is 1. The van der Waals surface area contributed by atoms with Crippen molar-refractivity contribution in [2.24, 2.45) is 0 Å². The maximum absolute atomic E-state index is 13.4. The minimum Gasteiger partial charge on any atom is -0.490 e. The molecule has 0 bridgehead atoms. The van der Waals surface area contributed by atoms with Crippen molar-refractivity contribution < 1.29 is 23.8 Å². The Morgan fingerprint density at radius 2 is 1.72 bits per heavy atom. The average molecular weight is 559 g/mol. The summed E-state index contributed by atoms with van der Waals surface area (Å²) in [5.74, 6) is 1.11. The van der Waals surface area contributed by atoms with Crippen LogP contribution < -0.4 is 14.4 Å². The molecule has 2 heterocycles. The zero-order valence-corrected chi connectivity index (χ0v) is 24.1. The number of halogens is 1. The molecule has 9 nitrogen and oxygen atoms in total. The fourth-order valence-electron chi connectivity index (χ4n) is 4.76. The summed E-state index contributed by atoms with van der Waals surface area (Å²) in [5.41, 5.74) is 0.906. The van der Waals surface area contributed by atoms with E-state index in [9.17, 15) is 9.59 Å². The van der Waals surface area contributed by atoms with Crippen LogP contribution in [-0.2, 0) is 14.3 Å². The van der Waals surface area contributed by atoms with Crippen LogP contribution in [-0.4, -0.2) is 112 Å². The number of benzene rings is 2. The van der Waals surface area contributed by atoms with Crippen LogP contribution in [0.5, 0.6) is 11.5 Å². The van der Waals surface area contributed by atoms with E-state index in [2.05, 4.69) is 11.9 Å².